The van der Waals surface area contributed by atoms with Crippen LogP contribution in [0.15, 0.2) is 60.8 Å². The normalized spacial score (nSPS) is 15.6. The predicted molar refractivity (Wildman–Crippen MR) is 134 cm³/mol. The molecule has 1 unspecified atom stereocenters. The van der Waals surface area contributed by atoms with Crippen LogP contribution in [0.5, 0.6) is 0 Å². The maximum Gasteiger partial charge on any atom is 0.251 e. The predicted octanol–water partition coefficient (Wildman–Crippen LogP) is 3.27. The number of nitrogens with two attached hydrogens (primary N) is 1. The standard InChI is InChI=1S/C26H28N8O/c1-34-25(20-12-5-6-13-28-20)32-24(33-34)22-23(27)29-16-21(31-22)18-10-7-11-19(14-18)26(35)30-15-17-8-3-2-4-9-17/h2-4,7-11,14,16,20,28H,5-6,12-13,15H2,1H3,(H2,27,29)(H,30,35). The summed E-state index contributed by atoms with van der Waals surface area (Å²) in [5, 5.41) is 11.0. The van der Waals surface area contributed by atoms with Crippen LogP contribution in [-0.4, -0.2) is 37.2 Å². The zero-order valence-corrected chi connectivity index (χ0v) is 19.6. The van der Waals surface area contributed by atoms with Gasteiger partial charge in [-0.15, -0.1) is 5.10 Å². The summed E-state index contributed by atoms with van der Waals surface area (Å²) in [7, 11) is 1.88. The fraction of sp³-hybridized carbons (Fsp3) is 0.269. The molecule has 0 radical (unpaired) electrons. The number of carbonyl (C=O) groups is 1. The summed E-state index contributed by atoms with van der Waals surface area (Å²) < 4.78 is 1.78. The SMILES string of the molecule is Cn1nc(-c2nc(-c3cccc(C(=O)NCc4ccccc4)c3)cnc2N)nc1C1CCCCN1. The summed E-state index contributed by atoms with van der Waals surface area (Å²) in [6, 6.07) is 17.3. The lowest BCUT2D eigenvalue weighted by Crippen LogP contribution is -2.29. The smallest absolute Gasteiger partial charge is 0.251 e. The largest absolute Gasteiger partial charge is 0.382 e. The molecule has 1 fully saturated rings. The van der Waals surface area contributed by atoms with Crippen LogP contribution < -0.4 is 16.4 Å². The van der Waals surface area contributed by atoms with Crippen molar-refractivity contribution in [1.82, 2.24) is 35.4 Å². The van der Waals surface area contributed by atoms with Gasteiger partial charge in [0.2, 0.25) is 5.82 Å². The van der Waals surface area contributed by atoms with E-state index in [4.69, 9.17) is 15.7 Å². The van der Waals surface area contributed by atoms with Gasteiger partial charge in [0.15, 0.2) is 11.5 Å². The third kappa shape index (κ3) is 5.04. The molecule has 0 aliphatic carbocycles. The van der Waals surface area contributed by atoms with Gasteiger partial charge in [-0.2, -0.15) is 0 Å². The van der Waals surface area contributed by atoms with Crippen molar-refractivity contribution in [3.8, 4) is 22.8 Å². The number of carbonyl (C=O) groups excluding carboxylic acids is 1. The number of hydrogen-bond acceptors (Lipinski definition) is 7. The molecule has 35 heavy (non-hydrogen) atoms. The van der Waals surface area contributed by atoms with E-state index in [1.165, 1.54) is 6.42 Å². The second-order valence-electron chi connectivity index (χ2n) is 8.66. The first-order valence-corrected chi connectivity index (χ1v) is 11.8. The van der Waals surface area contributed by atoms with E-state index in [9.17, 15) is 4.79 Å². The Kier molecular flexibility index (Phi) is 6.49. The minimum atomic E-state index is -0.157. The number of amides is 1. The number of hydrogen-bond donors (Lipinski definition) is 3. The third-order valence-electron chi connectivity index (χ3n) is 6.15. The number of anilines is 1. The Hall–Kier alpha value is -4.11. The Morgan fingerprint density at radius 1 is 1.14 bits per heavy atom. The summed E-state index contributed by atoms with van der Waals surface area (Å²) >= 11 is 0. The first-order chi connectivity index (χ1) is 17.1. The minimum absolute atomic E-state index is 0.157. The zero-order chi connectivity index (χ0) is 24.2. The molecule has 9 heteroatoms. The van der Waals surface area contributed by atoms with Gasteiger partial charge in [-0.1, -0.05) is 48.9 Å². The van der Waals surface area contributed by atoms with E-state index in [2.05, 4.69) is 20.7 Å². The van der Waals surface area contributed by atoms with Crippen LogP contribution in [0.25, 0.3) is 22.8 Å². The number of rotatable bonds is 6. The first-order valence-electron chi connectivity index (χ1n) is 11.8. The number of nitrogens with zero attached hydrogens (tertiary/aromatic N) is 5. The molecular weight excluding hydrogens is 440 g/mol. The maximum absolute atomic E-state index is 12.7. The summed E-state index contributed by atoms with van der Waals surface area (Å²) in [5.74, 6) is 1.41. The molecule has 1 aliphatic heterocycles. The van der Waals surface area contributed by atoms with E-state index in [0.29, 0.717) is 29.3 Å². The molecule has 4 N–H and O–H groups in total. The second kappa shape index (κ2) is 10.0. The average molecular weight is 469 g/mol. The van der Waals surface area contributed by atoms with Gasteiger partial charge in [0.05, 0.1) is 17.9 Å². The molecule has 1 aliphatic rings. The van der Waals surface area contributed by atoms with Crippen LogP contribution in [0.1, 0.15) is 47.1 Å². The van der Waals surface area contributed by atoms with Crippen LogP contribution in [0.4, 0.5) is 5.82 Å². The Bertz CT molecular complexity index is 1330. The van der Waals surface area contributed by atoms with E-state index < -0.39 is 0 Å². The molecule has 2 aromatic heterocycles. The van der Waals surface area contributed by atoms with Gasteiger partial charge in [-0.25, -0.2) is 15.0 Å². The van der Waals surface area contributed by atoms with E-state index in [-0.39, 0.29) is 17.8 Å². The van der Waals surface area contributed by atoms with E-state index >= 15 is 0 Å². The molecule has 0 bridgehead atoms. The number of nitrogens with one attached hydrogen (secondary N) is 2. The monoisotopic (exact) mass is 468 g/mol. The highest BCUT2D eigenvalue weighted by atomic mass is 16.1. The Morgan fingerprint density at radius 3 is 2.80 bits per heavy atom. The molecule has 1 amide bonds. The molecule has 1 atom stereocenters. The van der Waals surface area contributed by atoms with E-state index in [1.54, 1.807) is 23.0 Å². The molecule has 9 nitrogen and oxygen atoms in total. The number of nitrogen functional groups attached to an aromatic ring is 1. The highest BCUT2D eigenvalue weighted by Gasteiger charge is 2.23. The fourth-order valence-corrected chi connectivity index (χ4v) is 4.27. The van der Waals surface area contributed by atoms with Gasteiger partial charge in [0, 0.05) is 24.7 Å². The van der Waals surface area contributed by atoms with Crippen molar-refractivity contribution in [2.24, 2.45) is 7.05 Å². The fourth-order valence-electron chi connectivity index (χ4n) is 4.27. The molecule has 2 aromatic carbocycles. The van der Waals surface area contributed by atoms with Crippen LogP contribution in [-0.2, 0) is 13.6 Å². The quantitative estimate of drug-likeness (QED) is 0.397. The first kappa shape index (κ1) is 22.7. The van der Waals surface area contributed by atoms with Crippen molar-refractivity contribution >= 4 is 11.7 Å². The Labute approximate surface area is 203 Å². The van der Waals surface area contributed by atoms with Crippen molar-refractivity contribution < 1.29 is 4.79 Å². The maximum atomic E-state index is 12.7. The van der Waals surface area contributed by atoms with Gasteiger partial charge in [-0.3, -0.25) is 9.48 Å². The van der Waals surface area contributed by atoms with Crippen molar-refractivity contribution in [2.75, 3.05) is 12.3 Å². The van der Waals surface area contributed by atoms with Crippen LogP contribution in [0, 0.1) is 0 Å². The lowest BCUT2D eigenvalue weighted by atomic mass is 10.0. The average Bonchev–Trinajstić information content (AvgIpc) is 3.30. The molecular formula is C26H28N8O. The molecule has 178 valence electrons. The zero-order valence-electron chi connectivity index (χ0n) is 19.6. The summed E-state index contributed by atoms with van der Waals surface area (Å²) in [4.78, 5) is 26.6. The highest BCUT2D eigenvalue weighted by Crippen LogP contribution is 2.27. The van der Waals surface area contributed by atoms with E-state index in [0.717, 1.165) is 36.3 Å². The number of benzene rings is 2. The van der Waals surface area contributed by atoms with Gasteiger partial charge in [-0.05, 0) is 37.1 Å². The molecule has 0 saturated carbocycles. The van der Waals surface area contributed by atoms with Crippen molar-refractivity contribution in [3.05, 3.63) is 77.7 Å². The molecule has 3 heterocycles. The number of aromatic nitrogens is 5. The van der Waals surface area contributed by atoms with Crippen LogP contribution >= 0.6 is 0 Å². The van der Waals surface area contributed by atoms with Gasteiger partial charge in [0.25, 0.3) is 5.91 Å². The van der Waals surface area contributed by atoms with Crippen molar-refractivity contribution in [3.63, 3.8) is 0 Å². The summed E-state index contributed by atoms with van der Waals surface area (Å²) in [6.45, 7) is 1.43. The number of piperidine rings is 1. The highest BCUT2D eigenvalue weighted by molar-refractivity contribution is 5.95. The van der Waals surface area contributed by atoms with Crippen molar-refractivity contribution in [2.45, 2.75) is 31.8 Å². The Morgan fingerprint density at radius 2 is 2.00 bits per heavy atom. The summed E-state index contributed by atoms with van der Waals surface area (Å²) in [5.41, 5.74) is 9.53. The topological polar surface area (TPSA) is 124 Å². The lowest BCUT2D eigenvalue weighted by molar-refractivity contribution is 0.0951. The molecule has 1 saturated heterocycles. The lowest BCUT2D eigenvalue weighted by Gasteiger charge is -2.22. The van der Waals surface area contributed by atoms with Crippen LogP contribution in [0.3, 0.4) is 0 Å². The summed E-state index contributed by atoms with van der Waals surface area (Å²) in [6.07, 6.45) is 4.95. The second-order valence-corrected chi connectivity index (χ2v) is 8.66. The molecule has 0 spiro atoms. The molecule has 4 aromatic rings. The third-order valence-corrected chi connectivity index (χ3v) is 6.15. The number of aryl methyl sites for hydroxylation is 1. The van der Waals surface area contributed by atoms with Crippen molar-refractivity contribution in [1.29, 1.82) is 0 Å². The minimum Gasteiger partial charge on any atom is -0.382 e. The Balaban J connectivity index is 1.38. The van der Waals surface area contributed by atoms with E-state index in [1.807, 2.05) is 49.5 Å². The van der Waals surface area contributed by atoms with Gasteiger partial charge < -0.3 is 16.4 Å². The van der Waals surface area contributed by atoms with Crippen LogP contribution in [0.2, 0.25) is 0 Å². The molecule has 5 rings (SSSR count). The van der Waals surface area contributed by atoms with Gasteiger partial charge in [0.1, 0.15) is 5.82 Å². The van der Waals surface area contributed by atoms with Gasteiger partial charge >= 0.3 is 0 Å².